The van der Waals surface area contributed by atoms with E-state index in [1.54, 1.807) is 23.7 Å². The molecule has 9 heteroatoms. The van der Waals surface area contributed by atoms with Crippen molar-refractivity contribution in [3.05, 3.63) is 28.0 Å². The Morgan fingerprint density at radius 1 is 1.44 bits per heavy atom. The number of thiazole rings is 1. The van der Waals surface area contributed by atoms with Crippen LogP contribution in [0.1, 0.15) is 47.3 Å². The molecule has 0 radical (unpaired) electrons. The molecule has 2 heterocycles. The van der Waals surface area contributed by atoms with Crippen molar-refractivity contribution < 1.29 is 9.59 Å². The van der Waals surface area contributed by atoms with Gasteiger partial charge in [0, 0.05) is 19.2 Å². The van der Waals surface area contributed by atoms with Crippen molar-refractivity contribution in [1.82, 2.24) is 25.8 Å². The molecule has 0 bridgehead atoms. The highest BCUT2D eigenvalue weighted by atomic mass is 32.1. The molecule has 0 aromatic carbocycles. The molecule has 3 amide bonds. The summed E-state index contributed by atoms with van der Waals surface area (Å²) in [6.07, 6.45) is 7.04. The first kappa shape index (κ1) is 17.4. The second kappa shape index (κ2) is 8.11. The lowest BCUT2D eigenvalue weighted by molar-refractivity contribution is -0.116. The Morgan fingerprint density at radius 2 is 2.32 bits per heavy atom. The van der Waals surface area contributed by atoms with Gasteiger partial charge in [0.1, 0.15) is 0 Å². The van der Waals surface area contributed by atoms with Crippen molar-refractivity contribution in [2.75, 3.05) is 11.9 Å². The van der Waals surface area contributed by atoms with Crippen molar-refractivity contribution >= 4 is 29.0 Å². The second-order valence-corrected chi connectivity index (χ2v) is 7.26. The van der Waals surface area contributed by atoms with Crippen LogP contribution in [0.5, 0.6) is 0 Å². The van der Waals surface area contributed by atoms with Gasteiger partial charge in [-0.3, -0.25) is 9.89 Å². The standard InChI is InChI=1S/C16H22N6O2S/c1-10-20-12-4-2-5-13(15(12)25-10)22-16(24)17-7-3-6-14(23)21-11-8-18-19-9-11/h8-9,13H,2-7H2,1H3,(H,18,19)(H,21,23)(H2,17,22,24). The van der Waals surface area contributed by atoms with Crippen LogP contribution < -0.4 is 16.0 Å². The minimum absolute atomic E-state index is 0.0411. The van der Waals surface area contributed by atoms with Gasteiger partial charge in [0.2, 0.25) is 5.91 Å². The van der Waals surface area contributed by atoms with E-state index < -0.39 is 0 Å². The topological polar surface area (TPSA) is 112 Å². The van der Waals surface area contributed by atoms with Crippen molar-refractivity contribution in [1.29, 1.82) is 0 Å². The van der Waals surface area contributed by atoms with Gasteiger partial charge in [0.05, 0.1) is 33.5 Å². The average molecular weight is 362 g/mol. The summed E-state index contributed by atoms with van der Waals surface area (Å²) in [6.45, 7) is 2.45. The maximum absolute atomic E-state index is 12.1. The first-order chi connectivity index (χ1) is 12.1. The molecular formula is C16H22N6O2S. The fourth-order valence-electron chi connectivity index (χ4n) is 2.88. The Bertz CT molecular complexity index is 727. The highest BCUT2D eigenvalue weighted by Gasteiger charge is 2.25. The van der Waals surface area contributed by atoms with Gasteiger partial charge in [-0.25, -0.2) is 9.78 Å². The van der Waals surface area contributed by atoms with Crippen LogP contribution in [-0.2, 0) is 11.2 Å². The molecule has 0 aliphatic heterocycles. The van der Waals surface area contributed by atoms with Crippen molar-refractivity contribution in [2.24, 2.45) is 0 Å². The predicted octanol–water partition coefficient (Wildman–Crippen LogP) is 2.27. The molecule has 1 unspecified atom stereocenters. The Kier molecular flexibility index (Phi) is 5.64. The van der Waals surface area contributed by atoms with Crippen molar-refractivity contribution in [2.45, 2.75) is 45.1 Å². The van der Waals surface area contributed by atoms with Crippen LogP contribution in [0.2, 0.25) is 0 Å². The van der Waals surface area contributed by atoms with Gasteiger partial charge in [0.25, 0.3) is 0 Å². The van der Waals surface area contributed by atoms with Gasteiger partial charge in [-0.15, -0.1) is 11.3 Å². The number of aromatic amines is 1. The third-order valence-corrected chi connectivity index (χ3v) is 5.14. The molecule has 4 N–H and O–H groups in total. The highest BCUT2D eigenvalue weighted by molar-refractivity contribution is 7.11. The van der Waals surface area contributed by atoms with Gasteiger partial charge < -0.3 is 16.0 Å². The number of nitrogens with one attached hydrogen (secondary N) is 4. The number of nitrogens with zero attached hydrogens (tertiary/aromatic N) is 2. The number of anilines is 1. The van der Waals surface area contributed by atoms with E-state index in [-0.39, 0.29) is 18.0 Å². The average Bonchev–Trinajstić information content (AvgIpc) is 3.20. The third-order valence-electron chi connectivity index (χ3n) is 4.01. The Balaban J connectivity index is 1.37. The Labute approximate surface area is 149 Å². The number of aromatic nitrogens is 3. The molecule has 0 saturated heterocycles. The van der Waals surface area contributed by atoms with Crippen LogP contribution in [0.4, 0.5) is 10.5 Å². The first-order valence-corrected chi connectivity index (χ1v) is 9.22. The lowest BCUT2D eigenvalue weighted by Crippen LogP contribution is -2.39. The highest BCUT2D eigenvalue weighted by Crippen LogP contribution is 2.33. The summed E-state index contributed by atoms with van der Waals surface area (Å²) in [6, 6.07) is -0.154. The molecule has 1 atom stereocenters. The number of hydrogen-bond donors (Lipinski definition) is 4. The van der Waals surface area contributed by atoms with Crippen LogP contribution >= 0.6 is 11.3 Å². The monoisotopic (exact) mass is 362 g/mol. The largest absolute Gasteiger partial charge is 0.338 e. The summed E-state index contributed by atoms with van der Waals surface area (Å²) < 4.78 is 0. The van der Waals surface area contributed by atoms with E-state index in [2.05, 4.69) is 31.1 Å². The smallest absolute Gasteiger partial charge is 0.315 e. The minimum atomic E-state index is -0.195. The molecule has 1 aliphatic carbocycles. The van der Waals surface area contributed by atoms with Gasteiger partial charge in [-0.05, 0) is 32.6 Å². The molecule has 2 aromatic heterocycles. The zero-order valence-corrected chi connectivity index (χ0v) is 14.9. The van der Waals surface area contributed by atoms with Crippen LogP contribution in [0.15, 0.2) is 12.4 Å². The van der Waals surface area contributed by atoms with E-state index in [1.807, 2.05) is 6.92 Å². The third kappa shape index (κ3) is 4.79. The summed E-state index contributed by atoms with van der Waals surface area (Å²) in [4.78, 5) is 29.5. The van der Waals surface area contributed by atoms with Gasteiger partial charge >= 0.3 is 6.03 Å². The van der Waals surface area contributed by atoms with E-state index in [0.29, 0.717) is 25.1 Å². The summed E-state index contributed by atoms with van der Waals surface area (Å²) in [5.74, 6) is -0.0966. The first-order valence-electron chi connectivity index (χ1n) is 8.41. The lowest BCUT2D eigenvalue weighted by Gasteiger charge is -2.22. The van der Waals surface area contributed by atoms with Gasteiger partial charge in [-0.1, -0.05) is 0 Å². The number of aryl methyl sites for hydroxylation is 2. The van der Waals surface area contributed by atoms with Crippen LogP contribution in [-0.4, -0.2) is 33.7 Å². The number of rotatable bonds is 6. The van der Waals surface area contributed by atoms with E-state index in [4.69, 9.17) is 0 Å². The molecule has 0 fully saturated rings. The van der Waals surface area contributed by atoms with E-state index in [9.17, 15) is 9.59 Å². The fraction of sp³-hybridized carbons (Fsp3) is 0.500. The number of amides is 3. The zero-order chi connectivity index (χ0) is 17.6. The van der Waals surface area contributed by atoms with Gasteiger partial charge in [-0.2, -0.15) is 5.10 Å². The van der Waals surface area contributed by atoms with Crippen molar-refractivity contribution in [3.63, 3.8) is 0 Å². The molecule has 134 valence electrons. The molecule has 25 heavy (non-hydrogen) atoms. The molecule has 0 saturated carbocycles. The summed E-state index contributed by atoms with van der Waals surface area (Å²) >= 11 is 1.66. The predicted molar refractivity (Wildman–Crippen MR) is 95.5 cm³/mol. The van der Waals surface area contributed by atoms with Crippen LogP contribution in [0.25, 0.3) is 0 Å². The van der Waals surface area contributed by atoms with E-state index in [1.165, 1.54) is 4.88 Å². The number of urea groups is 1. The molecular weight excluding hydrogens is 340 g/mol. The molecule has 1 aliphatic rings. The molecule has 3 rings (SSSR count). The van der Waals surface area contributed by atoms with E-state index in [0.717, 1.165) is 30.0 Å². The van der Waals surface area contributed by atoms with Crippen molar-refractivity contribution in [3.8, 4) is 0 Å². The van der Waals surface area contributed by atoms with Gasteiger partial charge in [0.15, 0.2) is 0 Å². The number of fused-ring (bicyclic) bond motifs is 1. The number of hydrogen-bond acceptors (Lipinski definition) is 5. The summed E-state index contributed by atoms with van der Waals surface area (Å²) in [5, 5.41) is 16.0. The zero-order valence-electron chi connectivity index (χ0n) is 14.1. The van der Waals surface area contributed by atoms with Crippen LogP contribution in [0.3, 0.4) is 0 Å². The maximum Gasteiger partial charge on any atom is 0.315 e. The fourth-order valence-corrected chi connectivity index (χ4v) is 3.94. The molecule has 2 aromatic rings. The Hall–Kier alpha value is -2.42. The SMILES string of the molecule is Cc1nc2c(s1)C(NC(=O)NCCCC(=O)Nc1cn[nH]c1)CCC2. The summed E-state index contributed by atoms with van der Waals surface area (Å²) in [7, 11) is 0. The summed E-state index contributed by atoms with van der Waals surface area (Å²) in [5.41, 5.74) is 1.76. The normalized spacial score (nSPS) is 16.1. The number of carbonyl (C=O) groups excluding carboxylic acids is 2. The Morgan fingerprint density at radius 3 is 3.12 bits per heavy atom. The number of carbonyl (C=O) groups is 2. The van der Waals surface area contributed by atoms with Crippen LogP contribution in [0, 0.1) is 6.92 Å². The minimum Gasteiger partial charge on any atom is -0.338 e. The van der Waals surface area contributed by atoms with E-state index >= 15 is 0 Å². The maximum atomic E-state index is 12.1. The quantitative estimate of drug-likeness (QED) is 0.591. The molecule has 0 spiro atoms. The second-order valence-electron chi connectivity index (χ2n) is 6.03. The number of H-pyrrole nitrogens is 1. The lowest BCUT2D eigenvalue weighted by atomic mass is 9.98. The molecule has 8 nitrogen and oxygen atoms in total.